The van der Waals surface area contributed by atoms with E-state index in [-0.39, 0.29) is 17.9 Å². The number of hydrogen-bond donors (Lipinski definition) is 3. The summed E-state index contributed by atoms with van der Waals surface area (Å²) in [6, 6.07) is -0.263. The van der Waals surface area contributed by atoms with Crippen molar-refractivity contribution in [2.45, 2.75) is 52.0 Å². The van der Waals surface area contributed by atoms with Crippen molar-refractivity contribution in [1.29, 1.82) is 0 Å². The average Bonchev–Trinajstić information content (AvgIpc) is 2.31. The molecule has 1 amide bonds. The lowest BCUT2D eigenvalue weighted by Crippen LogP contribution is -2.52. The highest BCUT2D eigenvalue weighted by Crippen LogP contribution is 2.36. The molecule has 0 spiro atoms. The zero-order valence-electron chi connectivity index (χ0n) is 11.2. The number of hydrogen-bond acceptors (Lipinski definition) is 3. The Kier molecular flexibility index (Phi) is 5.14. The van der Waals surface area contributed by atoms with E-state index >= 15 is 0 Å². The van der Waals surface area contributed by atoms with Crippen molar-refractivity contribution in [3.8, 4) is 0 Å². The molecule has 1 aliphatic carbocycles. The first-order valence-corrected chi connectivity index (χ1v) is 6.63. The number of carbonyl (C=O) groups is 2. The van der Waals surface area contributed by atoms with Crippen LogP contribution in [0.2, 0.25) is 0 Å². The Morgan fingerprint density at radius 2 is 2.17 bits per heavy atom. The van der Waals surface area contributed by atoms with E-state index in [1.165, 1.54) is 0 Å². The minimum absolute atomic E-state index is 0.0904. The van der Waals surface area contributed by atoms with Crippen LogP contribution >= 0.6 is 0 Å². The van der Waals surface area contributed by atoms with Crippen LogP contribution in [0.5, 0.6) is 0 Å². The first kappa shape index (κ1) is 15.0. The fourth-order valence-electron chi connectivity index (χ4n) is 2.47. The molecule has 5 nitrogen and oxygen atoms in total. The van der Waals surface area contributed by atoms with Crippen LogP contribution in [0.1, 0.15) is 46.0 Å². The molecule has 0 aromatic rings. The first-order valence-electron chi connectivity index (χ1n) is 6.63. The number of nitrogens with two attached hydrogens (primary N) is 1. The van der Waals surface area contributed by atoms with Gasteiger partial charge in [-0.2, -0.15) is 0 Å². The van der Waals surface area contributed by atoms with Gasteiger partial charge in [-0.15, -0.1) is 0 Å². The fraction of sp³-hybridized carbons (Fsp3) is 0.846. The molecule has 18 heavy (non-hydrogen) atoms. The van der Waals surface area contributed by atoms with Crippen LogP contribution in [0, 0.1) is 11.3 Å². The summed E-state index contributed by atoms with van der Waals surface area (Å²) in [5.74, 6) is -0.781. The SMILES string of the molecule is CC(CN)CC(=O)NC1CCCCC1(C)C(=O)O. The van der Waals surface area contributed by atoms with E-state index in [0.29, 0.717) is 19.4 Å². The minimum Gasteiger partial charge on any atom is -0.481 e. The summed E-state index contributed by atoms with van der Waals surface area (Å²) in [5, 5.41) is 12.2. The molecule has 0 saturated heterocycles. The zero-order valence-corrected chi connectivity index (χ0v) is 11.2. The second-order valence-corrected chi connectivity index (χ2v) is 5.63. The molecule has 5 heteroatoms. The highest BCUT2D eigenvalue weighted by molar-refractivity contribution is 5.80. The Hall–Kier alpha value is -1.10. The number of carboxylic acids is 1. The lowest BCUT2D eigenvalue weighted by atomic mass is 9.71. The second-order valence-electron chi connectivity index (χ2n) is 5.63. The normalized spacial score (nSPS) is 29.6. The van der Waals surface area contributed by atoms with Crippen molar-refractivity contribution in [2.24, 2.45) is 17.1 Å². The van der Waals surface area contributed by atoms with Gasteiger partial charge in [-0.05, 0) is 32.2 Å². The number of amides is 1. The predicted octanol–water partition coefficient (Wildman–Crippen LogP) is 1.12. The summed E-state index contributed by atoms with van der Waals surface area (Å²) in [6.07, 6.45) is 3.61. The monoisotopic (exact) mass is 256 g/mol. The van der Waals surface area contributed by atoms with E-state index in [9.17, 15) is 14.7 Å². The Labute approximate surface area is 108 Å². The maximum absolute atomic E-state index is 11.8. The fourth-order valence-corrected chi connectivity index (χ4v) is 2.47. The van der Waals surface area contributed by atoms with E-state index in [4.69, 9.17) is 5.73 Å². The molecule has 0 aromatic heterocycles. The Morgan fingerprint density at radius 3 is 2.72 bits per heavy atom. The number of aliphatic carboxylic acids is 1. The number of nitrogens with one attached hydrogen (secondary N) is 1. The molecule has 1 saturated carbocycles. The first-order chi connectivity index (χ1) is 8.40. The summed E-state index contributed by atoms with van der Waals surface area (Å²) in [7, 11) is 0. The third-order valence-corrected chi connectivity index (χ3v) is 3.97. The van der Waals surface area contributed by atoms with E-state index in [2.05, 4.69) is 5.32 Å². The maximum atomic E-state index is 11.8. The van der Waals surface area contributed by atoms with Gasteiger partial charge in [-0.1, -0.05) is 19.8 Å². The highest BCUT2D eigenvalue weighted by atomic mass is 16.4. The summed E-state index contributed by atoms with van der Waals surface area (Å²) in [6.45, 7) is 4.11. The van der Waals surface area contributed by atoms with Crippen LogP contribution in [0.3, 0.4) is 0 Å². The molecule has 0 aliphatic heterocycles. The highest BCUT2D eigenvalue weighted by Gasteiger charge is 2.43. The van der Waals surface area contributed by atoms with Crippen molar-refractivity contribution in [1.82, 2.24) is 5.32 Å². The van der Waals surface area contributed by atoms with E-state index in [0.717, 1.165) is 19.3 Å². The molecule has 0 bridgehead atoms. The van der Waals surface area contributed by atoms with E-state index in [1.54, 1.807) is 6.92 Å². The van der Waals surface area contributed by atoms with Crippen LogP contribution in [0.4, 0.5) is 0 Å². The van der Waals surface area contributed by atoms with Gasteiger partial charge in [0.1, 0.15) is 0 Å². The molecule has 1 aliphatic rings. The van der Waals surface area contributed by atoms with E-state index in [1.807, 2.05) is 6.92 Å². The molecule has 104 valence electrons. The van der Waals surface area contributed by atoms with Crippen molar-refractivity contribution in [3.63, 3.8) is 0 Å². The number of carboxylic acid groups (broad SMARTS) is 1. The standard InChI is InChI=1S/C13H24N2O3/c1-9(8-14)7-11(16)15-10-5-3-4-6-13(10,2)12(17)18/h9-10H,3-8,14H2,1-2H3,(H,15,16)(H,17,18). The average molecular weight is 256 g/mol. The van der Waals surface area contributed by atoms with Gasteiger partial charge >= 0.3 is 5.97 Å². The summed E-state index contributed by atoms with van der Waals surface area (Å²) in [5.41, 5.74) is 4.65. The van der Waals surface area contributed by atoms with Gasteiger partial charge in [0.15, 0.2) is 0 Å². The summed E-state index contributed by atoms with van der Waals surface area (Å²) < 4.78 is 0. The molecule has 3 atom stereocenters. The van der Waals surface area contributed by atoms with Crippen LogP contribution in [0.15, 0.2) is 0 Å². The van der Waals surface area contributed by atoms with Gasteiger partial charge in [-0.3, -0.25) is 9.59 Å². The number of rotatable bonds is 5. The van der Waals surface area contributed by atoms with Gasteiger partial charge in [0.25, 0.3) is 0 Å². The smallest absolute Gasteiger partial charge is 0.311 e. The Morgan fingerprint density at radius 1 is 1.50 bits per heavy atom. The van der Waals surface area contributed by atoms with Crippen molar-refractivity contribution >= 4 is 11.9 Å². The van der Waals surface area contributed by atoms with Gasteiger partial charge in [0, 0.05) is 12.5 Å². The third kappa shape index (κ3) is 3.45. The van der Waals surface area contributed by atoms with Crippen LogP contribution < -0.4 is 11.1 Å². The Bertz CT molecular complexity index is 319. The summed E-state index contributed by atoms with van der Waals surface area (Å²) >= 11 is 0. The molecule has 0 heterocycles. The number of carbonyl (C=O) groups excluding carboxylic acids is 1. The van der Waals surface area contributed by atoms with Crippen molar-refractivity contribution < 1.29 is 14.7 Å². The van der Waals surface area contributed by atoms with Crippen molar-refractivity contribution in [3.05, 3.63) is 0 Å². The maximum Gasteiger partial charge on any atom is 0.311 e. The predicted molar refractivity (Wildman–Crippen MR) is 69.0 cm³/mol. The Balaban J connectivity index is 2.63. The molecule has 4 N–H and O–H groups in total. The van der Waals surface area contributed by atoms with Crippen LogP contribution in [0.25, 0.3) is 0 Å². The van der Waals surface area contributed by atoms with Crippen LogP contribution in [-0.2, 0) is 9.59 Å². The topological polar surface area (TPSA) is 92.4 Å². The molecule has 1 fully saturated rings. The molecular weight excluding hydrogens is 232 g/mol. The van der Waals surface area contributed by atoms with E-state index < -0.39 is 11.4 Å². The third-order valence-electron chi connectivity index (χ3n) is 3.97. The van der Waals surface area contributed by atoms with Gasteiger partial charge in [0.05, 0.1) is 5.41 Å². The molecule has 0 radical (unpaired) electrons. The van der Waals surface area contributed by atoms with Crippen molar-refractivity contribution in [2.75, 3.05) is 6.54 Å². The largest absolute Gasteiger partial charge is 0.481 e. The molecular formula is C13H24N2O3. The van der Waals surface area contributed by atoms with Gasteiger partial charge in [-0.25, -0.2) is 0 Å². The molecule has 0 aromatic carbocycles. The summed E-state index contributed by atoms with van der Waals surface area (Å²) in [4.78, 5) is 23.2. The molecule has 1 rings (SSSR count). The lowest BCUT2D eigenvalue weighted by Gasteiger charge is -2.38. The van der Waals surface area contributed by atoms with Crippen LogP contribution in [-0.4, -0.2) is 29.6 Å². The zero-order chi connectivity index (χ0) is 13.8. The second kappa shape index (κ2) is 6.18. The van der Waals surface area contributed by atoms with Gasteiger partial charge in [0.2, 0.25) is 5.91 Å². The van der Waals surface area contributed by atoms with Gasteiger partial charge < -0.3 is 16.2 Å². The minimum atomic E-state index is -0.833. The quantitative estimate of drug-likeness (QED) is 0.687. The molecule has 3 unspecified atom stereocenters. The lowest BCUT2D eigenvalue weighted by molar-refractivity contribution is -0.152.